The van der Waals surface area contributed by atoms with Gasteiger partial charge in [0.05, 0.1) is 12.5 Å². The Labute approximate surface area is 137 Å². The zero-order valence-corrected chi connectivity index (χ0v) is 13.6. The van der Waals surface area contributed by atoms with Crippen molar-refractivity contribution in [1.29, 1.82) is 0 Å². The first-order valence-electron chi connectivity index (χ1n) is 8.37. The van der Waals surface area contributed by atoms with E-state index in [1.165, 1.54) is 5.56 Å². The second-order valence-electron chi connectivity index (χ2n) is 6.34. The van der Waals surface area contributed by atoms with Crippen LogP contribution in [0.1, 0.15) is 43.4 Å². The van der Waals surface area contributed by atoms with E-state index >= 15 is 0 Å². The van der Waals surface area contributed by atoms with Gasteiger partial charge in [-0.2, -0.15) is 0 Å². The summed E-state index contributed by atoms with van der Waals surface area (Å²) in [6, 6.07) is 8.17. The van der Waals surface area contributed by atoms with Crippen molar-refractivity contribution >= 4 is 11.8 Å². The molecule has 124 valence electrons. The Balaban J connectivity index is 1.72. The van der Waals surface area contributed by atoms with Crippen molar-refractivity contribution < 1.29 is 14.3 Å². The maximum absolute atomic E-state index is 12.5. The Morgan fingerprint density at radius 1 is 1.26 bits per heavy atom. The average molecular weight is 316 g/mol. The molecular formula is C18H24N2O3. The lowest BCUT2D eigenvalue weighted by Crippen LogP contribution is -2.44. The molecule has 3 rings (SSSR count). The average Bonchev–Trinajstić information content (AvgIpc) is 2.55. The number of benzene rings is 1. The Kier molecular flexibility index (Phi) is 4.96. The van der Waals surface area contributed by atoms with Gasteiger partial charge in [0.25, 0.3) is 0 Å². The third kappa shape index (κ3) is 3.72. The zero-order chi connectivity index (χ0) is 16.2. The number of nitrogens with zero attached hydrogens (tertiary/aromatic N) is 1. The van der Waals surface area contributed by atoms with Crippen LogP contribution in [0, 0.1) is 0 Å². The summed E-state index contributed by atoms with van der Waals surface area (Å²) >= 11 is 0. The van der Waals surface area contributed by atoms with Crippen LogP contribution in [0.3, 0.4) is 0 Å². The van der Waals surface area contributed by atoms with E-state index in [0.29, 0.717) is 26.2 Å². The van der Waals surface area contributed by atoms with Crippen molar-refractivity contribution in [1.82, 2.24) is 10.2 Å². The van der Waals surface area contributed by atoms with Gasteiger partial charge in [-0.15, -0.1) is 0 Å². The molecule has 0 bridgehead atoms. The number of hydrogen-bond donors (Lipinski definition) is 1. The van der Waals surface area contributed by atoms with Crippen LogP contribution < -0.4 is 5.32 Å². The second kappa shape index (κ2) is 7.13. The summed E-state index contributed by atoms with van der Waals surface area (Å²) in [5.41, 5.74) is 2.35. The summed E-state index contributed by atoms with van der Waals surface area (Å²) in [4.78, 5) is 26.3. The Morgan fingerprint density at radius 2 is 2.00 bits per heavy atom. The Morgan fingerprint density at radius 3 is 2.74 bits per heavy atom. The predicted molar refractivity (Wildman–Crippen MR) is 86.9 cm³/mol. The lowest BCUT2D eigenvalue weighted by Gasteiger charge is -2.37. The van der Waals surface area contributed by atoms with Gasteiger partial charge in [0.2, 0.25) is 11.8 Å². The molecule has 5 nitrogen and oxygen atoms in total. The molecule has 2 aliphatic rings. The van der Waals surface area contributed by atoms with Crippen molar-refractivity contribution in [3.05, 3.63) is 35.4 Å². The van der Waals surface area contributed by atoms with Gasteiger partial charge in [0.15, 0.2) is 0 Å². The van der Waals surface area contributed by atoms with Crippen molar-refractivity contribution in [2.24, 2.45) is 0 Å². The highest BCUT2D eigenvalue weighted by atomic mass is 16.5. The number of carbonyl (C=O) groups excluding carboxylic acids is 2. The zero-order valence-electron chi connectivity index (χ0n) is 13.6. The van der Waals surface area contributed by atoms with E-state index < -0.39 is 0 Å². The smallest absolute Gasteiger partial charge is 0.222 e. The number of amides is 2. The van der Waals surface area contributed by atoms with Gasteiger partial charge in [-0.3, -0.25) is 9.59 Å². The standard InChI is InChI=1S/C18H24N2O3/c1-13(21)20-9-6-14-4-2-3-5-16(14)17(20)12-18(22)19-15-7-10-23-11-8-15/h2-5,15,17H,6-12H2,1H3,(H,19,22)/t17-/m0/s1. The molecular weight excluding hydrogens is 292 g/mol. The minimum atomic E-state index is -0.155. The van der Waals surface area contributed by atoms with Crippen molar-refractivity contribution in [3.63, 3.8) is 0 Å². The minimum absolute atomic E-state index is 0.0184. The molecule has 0 aliphatic carbocycles. The Hall–Kier alpha value is -1.88. The van der Waals surface area contributed by atoms with Gasteiger partial charge in [-0.25, -0.2) is 0 Å². The van der Waals surface area contributed by atoms with Crippen LogP contribution in [0.4, 0.5) is 0 Å². The lowest BCUT2D eigenvalue weighted by atomic mass is 9.90. The number of rotatable bonds is 3. The molecule has 1 atom stereocenters. The summed E-state index contributed by atoms with van der Waals surface area (Å²) in [7, 11) is 0. The highest BCUT2D eigenvalue weighted by molar-refractivity contribution is 5.79. The van der Waals surface area contributed by atoms with Gasteiger partial charge in [-0.05, 0) is 30.4 Å². The first kappa shape index (κ1) is 16.0. The molecule has 5 heteroatoms. The second-order valence-corrected chi connectivity index (χ2v) is 6.34. The molecule has 23 heavy (non-hydrogen) atoms. The van der Waals surface area contributed by atoms with Gasteiger partial charge in [-0.1, -0.05) is 24.3 Å². The fourth-order valence-corrected chi connectivity index (χ4v) is 3.55. The molecule has 0 aromatic heterocycles. The van der Waals surface area contributed by atoms with Gasteiger partial charge in [0, 0.05) is 32.7 Å². The molecule has 2 aliphatic heterocycles. The van der Waals surface area contributed by atoms with Crippen LogP contribution in [0.5, 0.6) is 0 Å². The van der Waals surface area contributed by atoms with E-state index in [4.69, 9.17) is 4.74 Å². The normalized spacial score (nSPS) is 21.6. The third-order valence-corrected chi connectivity index (χ3v) is 4.78. The predicted octanol–water partition coefficient (Wildman–Crippen LogP) is 1.82. The maximum atomic E-state index is 12.5. The largest absolute Gasteiger partial charge is 0.381 e. The summed E-state index contributed by atoms with van der Waals surface area (Å²) < 4.78 is 5.32. The molecule has 0 unspecified atom stereocenters. The number of carbonyl (C=O) groups is 2. The summed E-state index contributed by atoms with van der Waals surface area (Å²) in [5.74, 6) is 0.0493. The van der Waals surface area contributed by atoms with Crippen LogP contribution in [-0.4, -0.2) is 42.5 Å². The van der Waals surface area contributed by atoms with Crippen molar-refractivity contribution in [2.75, 3.05) is 19.8 Å². The van der Waals surface area contributed by atoms with Crippen molar-refractivity contribution in [3.8, 4) is 0 Å². The van der Waals surface area contributed by atoms with E-state index in [1.807, 2.05) is 23.1 Å². The first-order valence-corrected chi connectivity index (χ1v) is 8.37. The van der Waals surface area contributed by atoms with E-state index in [0.717, 1.165) is 24.8 Å². The topological polar surface area (TPSA) is 58.6 Å². The Bertz CT molecular complexity index is 581. The highest BCUT2D eigenvalue weighted by Gasteiger charge is 2.31. The monoisotopic (exact) mass is 316 g/mol. The fraction of sp³-hybridized carbons (Fsp3) is 0.556. The first-order chi connectivity index (χ1) is 11.1. The van der Waals surface area contributed by atoms with Crippen LogP contribution in [0.2, 0.25) is 0 Å². The van der Waals surface area contributed by atoms with Crippen molar-refractivity contribution in [2.45, 2.75) is 44.7 Å². The van der Waals surface area contributed by atoms with Crippen LogP contribution >= 0.6 is 0 Å². The van der Waals surface area contributed by atoms with E-state index in [-0.39, 0.29) is 23.9 Å². The van der Waals surface area contributed by atoms with Crippen LogP contribution in [0.25, 0.3) is 0 Å². The number of ether oxygens (including phenoxy) is 1. The van der Waals surface area contributed by atoms with E-state index in [9.17, 15) is 9.59 Å². The quantitative estimate of drug-likeness (QED) is 0.925. The third-order valence-electron chi connectivity index (χ3n) is 4.78. The summed E-state index contributed by atoms with van der Waals surface area (Å²) in [5, 5.41) is 3.10. The van der Waals surface area contributed by atoms with Gasteiger partial charge < -0.3 is 15.0 Å². The molecule has 1 aromatic rings. The summed E-state index contributed by atoms with van der Waals surface area (Å²) in [6.45, 7) is 3.67. The van der Waals surface area contributed by atoms with Gasteiger partial charge >= 0.3 is 0 Å². The molecule has 2 heterocycles. The molecule has 1 saturated heterocycles. The molecule has 1 aromatic carbocycles. The van der Waals surface area contributed by atoms with Gasteiger partial charge in [0.1, 0.15) is 0 Å². The van der Waals surface area contributed by atoms with E-state index in [1.54, 1.807) is 6.92 Å². The number of fused-ring (bicyclic) bond motifs is 1. The minimum Gasteiger partial charge on any atom is -0.381 e. The van der Waals surface area contributed by atoms with E-state index in [2.05, 4.69) is 11.4 Å². The molecule has 1 fully saturated rings. The SMILES string of the molecule is CC(=O)N1CCc2ccccc2[C@@H]1CC(=O)NC1CCOCC1. The highest BCUT2D eigenvalue weighted by Crippen LogP contribution is 2.32. The lowest BCUT2D eigenvalue weighted by molar-refractivity contribution is -0.133. The number of hydrogen-bond acceptors (Lipinski definition) is 3. The van der Waals surface area contributed by atoms with Crippen LogP contribution in [-0.2, 0) is 20.7 Å². The molecule has 0 radical (unpaired) electrons. The molecule has 0 saturated carbocycles. The summed E-state index contributed by atoms with van der Waals surface area (Å²) in [6.07, 6.45) is 2.91. The maximum Gasteiger partial charge on any atom is 0.222 e. The molecule has 1 N–H and O–H groups in total. The van der Waals surface area contributed by atoms with Crippen LogP contribution in [0.15, 0.2) is 24.3 Å². The molecule has 2 amide bonds. The fourth-order valence-electron chi connectivity index (χ4n) is 3.55. The number of nitrogens with one attached hydrogen (secondary N) is 1. The molecule has 0 spiro atoms.